The van der Waals surface area contributed by atoms with Crippen molar-refractivity contribution in [1.29, 1.82) is 0 Å². The number of carbonyl (C=O) groups is 1. The average Bonchev–Trinajstić information content (AvgIpc) is 2.67. The highest BCUT2D eigenvalue weighted by Crippen LogP contribution is 2.50. The smallest absolute Gasteiger partial charge is 0.413 e. The molecule has 2 rings (SSSR count). The van der Waals surface area contributed by atoms with Crippen LogP contribution in [-0.4, -0.2) is 5.97 Å². The quantitative estimate of drug-likeness (QED) is 0.855. The third-order valence-electron chi connectivity index (χ3n) is 2.47. The molecule has 106 valence electrons. The lowest BCUT2D eigenvalue weighted by molar-refractivity contribution is -0.134. The zero-order chi connectivity index (χ0) is 14.9. The van der Waals surface area contributed by atoms with Crippen molar-refractivity contribution in [1.82, 2.24) is 0 Å². The molecule has 0 aliphatic carbocycles. The third-order valence-corrected chi connectivity index (χ3v) is 3.60. The fraction of sp³-hybridized carbons (Fsp3) is 0.154. The van der Waals surface area contributed by atoms with E-state index in [-0.39, 0.29) is 16.3 Å². The van der Waals surface area contributed by atoms with Gasteiger partial charge in [0.05, 0.1) is 5.69 Å². The van der Waals surface area contributed by atoms with E-state index in [1.54, 1.807) is 18.2 Å². The second-order valence-corrected chi connectivity index (χ2v) is 4.95. The van der Waals surface area contributed by atoms with Crippen molar-refractivity contribution >= 4 is 23.0 Å². The summed E-state index contributed by atoms with van der Waals surface area (Å²) >= 11 is 0.323. The molecule has 7 heteroatoms. The summed E-state index contributed by atoms with van der Waals surface area (Å²) in [5.74, 6) is -0.716. The molecular weight excluding hydrogens is 291 g/mol. The molecule has 0 unspecified atom stereocenters. The fourth-order valence-corrected chi connectivity index (χ4v) is 2.72. The molecule has 0 spiro atoms. The SMILES string of the molecule is CC(=O)Oc1sc(C(F)(F)F)c(-c2ccccc2)c1N. The summed E-state index contributed by atoms with van der Waals surface area (Å²) in [6.07, 6.45) is -4.57. The summed E-state index contributed by atoms with van der Waals surface area (Å²) in [6, 6.07) is 7.94. The van der Waals surface area contributed by atoms with Crippen LogP contribution in [0, 0.1) is 0 Å². The van der Waals surface area contributed by atoms with Crippen LogP contribution >= 0.6 is 11.3 Å². The number of thiophene rings is 1. The second-order valence-electron chi connectivity index (χ2n) is 3.96. The third kappa shape index (κ3) is 2.77. The Hall–Kier alpha value is -2.02. The monoisotopic (exact) mass is 301 g/mol. The first-order valence-corrected chi connectivity index (χ1v) is 6.35. The molecule has 2 N–H and O–H groups in total. The molecule has 1 aromatic heterocycles. The lowest BCUT2D eigenvalue weighted by atomic mass is 10.1. The molecule has 2 aromatic rings. The number of anilines is 1. The number of halogens is 3. The molecule has 0 amide bonds. The van der Waals surface area contributed by atoms with Crippen LogP contribution < -0.4 is 10.5 Å². The normalized spacial score (nSPS) is 11.4. The zero-order valence-electron chi connectivity index (χ0n) is 10.3. The Labute approximate surface area is 116 Å². The Kier molecular flexibility index (Phi) is 3.71. The van der Waals surface area contributed by atoms with Gasteiger partial charge in [0.25, 0.3) is 0 Å². The van der Waals surface area contributed by atoms with Gasteiger partial charge >= 0.3 is 12.1 Å². The molecule has 0 aliphatic rings. The van der Waals surface area contributed by atoms with Crippen molar-refractivity contribution < 1.29 is 22.7 Å². The maximum Gasteiger partial charge on any atom is 0.426 e. The number of hydrogen-bond donors (Lipinski definition) is 1. The van der Waals surface area contributed by atoms with E-state index in [0.717, 1.165) is 6.92 Å². The van der Waals surface area contributed by atoms with Crippen LogP contribution in [0.3, 0.4) is 0 Å². The zero-order valence-corrected chi connectivity index (χ0v) is 11.1. The Balaban J connectivity index is 2.65. The van der Waals surface area contributed by atoms with Crippen LogP contribution in [0.15, 0.2) is 30.3 Å². The van der Waals surface area contributed by atoms with Crippen LogP contribution in [0.5, 0.6) is 5.06 Å². The van der Waals surface area contributed by atoms with Crippen molar-refractivity contribution in [2.24, 2.45) is 0 Å². The first-order chi connectivity index (χ1) is 9.30. The van der Waals surface area contributed by atoms with Crippen LogP contribution in [-0.2, 0) is 11.0 Å². The van der Waals surface area contributed by atoms with E-state index >= 15 is 0 Å². The van der Waals surface area contributed by atoms with Gasteiger partial charge in [0.15, 0.2) is 0 Å². The van der Waals surface area contributed by atoms with Gasteiger partial charge in [-0.05, 0) is 5.56 Å². The van der Waals surface area contributed by atoms with Crippen LogP contribution in [0.2, 0.25) is 0 Å². The molecule has 1 heterocycles. The summed E-state index contributed by atoms with van der Waals surface area (Å²) in [6.45, 7) is 1.11. The molecule has 0 radical (unpaired) electrons. The van der Waals surface area contributed by atoms with E-state index in [4.69, 9.17) is 10.5 Å². The van der Waals surface area contributed by atoms with Gasteiger partial charge in [0.1, 0.15) is 4.88 Å². The Morgan fingerprint density at radius 2 is 1.85 bits per heavy atom. The van der Waals surface area contributed by atoms with Gasteiger partial charge in [-0.1, -0.05) is 41.7 Å². The Bertz CT molecular complexity index is 635. The van der Waals surface area contributed by atoms with Crippen LogP contribution in [0.1, 0.15) is 11.8 Å². The summed E-state index contributed by atoms with van der Waals surface area (Å²) in [5.41, 5.74) is 5.71. The van der Waals surface area contributed by atoms with Crippen LogP contribution in [0.4, 0.5) is 18.9 Å². The number of rotatable bonds is 2. The Morgan fingerprint density at radius 3 is 2.35 bits per heavy atom. The van der Waals surface area contributed by atoms with Gasteiger partial charge in [0.2, 0.25) is 5.06 Å². The Morgan fingerprint density at radius 1 is 1.25 bits per heavy atom. The molecular formula is C13H10F3NO2S. The maximum absolute atomic E-state index is 13.1. The fourth-order valence-electron chi connectivity index (χ4n) is 1.72. The molecule has 0 saturated carbocycles. The maximum atomic E-state index is 13.1. The minimum atomic E-state index is -4.57. The highest BCUT2D eigenvalue weighted by atomic mass is 32.1. The number of alkyl halides is 3. The van der Waals surface area contributed by atoms with E-state index in [0.29, 0.717) is 16.9 Å². The van der Waals surface area contributed by atoms with Gasteiger partial charge in [-0.2, -0.15) is 13.2 Å². The molecule has 0 atom stereocenters. The number of esters is 1. The summed E-state index contributed by atoms with van der Waals surface area (Å²) < 4.78 is 44.0. The number of hydrogen-bond acceptors (Lipinski definition) is 4. The first-order valence-electron chi connectivity index (χ1n) is 5.54. The average molecular weight is 301 g/mol. The number of ether oxygens (including phenoxy) is 1. The standard InChI is InChI=1S/C13H10F3NO2S/c1-7(18)19-12-10(17)9(8-5-3-2-4-6-8)11(20-12)13(14,15)16/h2-6H,17H2,1H3. The van der Waals surface area contributed by atoms with Crippen molar-refractivity contribution in [3.05, 3.63) is 35.2 Å². The second kappa shape index (κ2) is 5.16. The van der Waals surface area contributed by atoms with E-state index in [2.05, 4.69) is 0 Å². The highest BCUT2D eigenvalue weighted by Gasteiger charge is 2.39. The number of carbonyl (C=O) groups excluding carboxylic acids is 1. The van der Waals surface area contributed by atoms with Gasteiger partial charge in [-0.15, -0.1) is 0 Å². The molecule has 20 heavy (non-hydrogen) atoms. The van der Waals surface area contributed by atoms with E-state index < -0.39 is 17.0 Å². The van der Waals surface area contributed by atoms with Gasteiger partial charge < -0.3 is 10.5 Å². The minimum absolute atomic E-state index is 0.153. The molecule has 1 aromatic carbocycles. The van der Waals surface area contributed by atoms with Crippen LogP contribution in [0.25, 0.3) is 11.1 Å². The summed E-state index contributed by atoms with van der Waals surface area (Å²) in [7, 11) is 0. The van der Waals surface area contributed by atoms with Gasteiger partial charge in [-0.3, -0.25) is 4.79 Å². The van der Waals surface area contributed by atoms with E-state index in [9.17, 15) is 18.0 Å². The minimum Gasteiger partial charge on any atom is -0.413 e. The van der Waals surface area contributed by atoms with Crippen molar-refractivity contribution in [3.8, 4) is 16.2 Å². The number of nitrogen functional groups attached to an aromatic ring is 1. The highest BCUT2D eigenvalue weighted by molar-refractivity contribution is 7.15. The number of nitrogens with two attached hydrogens (primary N) is 1. The molecule has 0 bridgehead atoms. The molecule has 3 nitrogen and oxygen atoms in total. The topological polar surface area (TPSA) is 52.3 Å². The molecule has 0 fully saturated rings. The van der Waals surface area contributed by atoms with Crippen molar-refractivity contribution in [3.63, 3.8) is 0 Å². The summed E-state index contributed by atoms with van der Waals surface area (Å²) in [5, 5.41) is -0.233. The van der Waals surface area contributed by atoms with Gasteiger partial charge in [0, 0.05) is 12.5 Å². The summed E-state index contributed by atoms with van der Waals surface area (Å²) in [4.78, 5) is 10.0. The largest absolute Gasteiger partial charge is 0.426 e. The van der Waals surface area contributed by atoms with E-state index in [1.807, 2.05) is 0 Å². The van der Waals surface area contributed by atoms with Crippen molar-refractivity contribution in [2.75, 3.05) is 5.73 Å². The van der Waals surface area contributed by atoms with Gasteiger partial charge in [-0.25, -0.2) is 0 Å². The number of benzene rings is 1. The lowest BCUT2D eigenvalue weighted by Gasteiger charge is -2.08. The predicted molar refractivity (Wildman–Crippen MR) is 70.5 cm³/mol. The molecule has 0 saturated heterocycles. The molecule has 0 aliphatic heterocycles. The first kappa shape index (κ1) is 14.4. The predicted octanol–water partition coefficient (Wildman–Crippen LogP) is 3.94. The van der Waals surface area contributed by atoms with Crippen molar-refractivity contribution in [2.45, 2.75) is 13.1 Å². The lowest BCUT2D eigenvalue weighted by Crippen LogP contribution is -2.04. The van der Waals surface area contributed by atoms with E-state index in [1.165, 1.54) is 12.1 Å².